The number of benzene rings is 3. The van der Waals surface area contributed by atoms with E-state index in [0.29, 0.717) is 38.7 Å². The second-order valence-electron chi connectivity index (χ2n) is 8.78. The first-order valence-corrected chi connectivity index (χ1v) is 13.8. The Labute approximate surface area is 249 Å². The van der Waals surface area contributed by atoms with E-state index in [-0.39, 0.29) is 17.4 Å². The molecule has 2 N–H and O–H groups in total. The first kappa shape index (κ1) is 29.7. The lowest BCUT2D eigenvalue weighted by molar-refractivity contribution is -0.127. The van der Waals surface area contributed by atoms with Crippen molar-refractivity contribution in [2.45, 2.75) is 6.92 Å². The number of carbonyl (C=O) groups is 4. The van der Waals surface area contributed by atoms with Crippen molar-refractivity contribution in [2.75, 3.05) is 38.0 Å². The molecule has 0 saturated carbocycles. The summed E-state index contributed by atoms with van der Waals surface area (Å²) in [6.45, 7) is 1.26. The van der Waals surface area contributed by atoms with E-state index in [4.69, 9.17) is 14.2 Å². The predicted molar refractivity (Wildman–Crippen MR) is 160 cm³/mol. The van der Waals surface area contributed by atoms with Crippen LogP contribution in [0.25, 0.3) is 6.08 Å². The van der Waals surface area contributed by atoms with Gasteiger partial charge in [-0.25, -0.2) is 0 Å². The molecule has 1 aliphatic rings. The van der Waals surface area contributed by atoms with Gasteiger partial charge in [-0.15, -0.1) is 0 Å². The summed E-state index contributed by atoms with van der Waals surface area (Å²) in [7, 11) is 2.98. The smallest absolute Gasteiger partial charge is 0.294 e. The summed E-state index contributed by atoms with van der Waals surface area (Å²) >= 11 is 4.16. The number of hydrogen-bond acceptors (Lipinski definition) is 8. The predicted octanol–water partition coefficient (Wildman–Crippen LogP) is 5.47. The summed E-state index contributed by atoms with van der Waals surface area (Å²) < 4.78 is 16.7. The van der Waals surface area contributed by atoms with Crippen molar-refractivity contribution in [1.82, 2.24) is 4.90 Å². The zero-order valence-corrected chi connectivity index (χ0v) is 24.8. The first-order valence-electron chi connectivity index (χ1n) is 12.2. The van der Waals surface area contributed by atoms with Crippen molar-refractivity contribution in [1.29, 1.82) is 0 Å². The van der Waals surface area contributed by atoms with Gasteiger partial charge < -0.3 is 24.8 Å². The fraction of sp³-hybridized carbons (Fsp3) is 0.172. The lowest BCUT2D eigenvalue weighted by Crippen LogP contribution is -2.36. The highest BCUT2D eigenvalue weighted by molar-refractivity contribution is 9.10. The molecule has 4 amide bonds. The highest BCUT2D eigenvalue weighted by Crippen LogP contribution is 2.39. The maximum Gasteiger partial charge on any atom is 0.294 e. The Kier molecular flexibility index (Phi) is 9.69. The molecule has 4 rings (SSSR count). The van der Waals surface area contributed by atoms with Crippen molar-refractivity contribution < 1.29 is 33.4 Å². The Balaban J connectivity index is 1.40. The second-order valence-corrected chi connectivity index (χ2v) is 10.6. The number of rotatable bonds is 10. The van der Waals surface area contributed by atoms with Crippen molar-refractivity contribution in [3.63, 3.8) is 0 Å². The van der Waals surface area contributed by atoms with Gasteiger partial charge in [-0.1, -0.05) is 17.7 Å². The van der Waals surface area contributed by atoms with Crippen LogP contribution in [0.15, 0.2) is 70.0 Å². The highest BCUT2D eigenvalue weighted by atomic mass is 79.9. The van der Waals surface area contributed by atoms with Crippen LogP contribution in [0.3, 0.4) is 0 Å². The number of imide groups is 1. The molecule has 1 heterocycles. The van der Waals surface area contributed by atoms with Crippen LogP contribution in [-0.4, -0.2) is 55.2 Å². The van der Waals surface area contributed by atoms with Gasteiger partial charge in [-0.05, 0) is 94.8 Å². The Hall–Kier alpha value is -4.29. The van der Waals surface area contributed by atoms with Gasteiger partial charge in [0.1, 0.15) is 12.3 Å². The van der Waals surface area contributed by atoms with Crippen LogP contribution in [0.1, 0.15) is 11.1 Å². The number of carbonyl (C=O) groups excluding carboxylic acids is 4. The SMILES string of the molecule is COc1ccc(NC(=O)CN2C(=O)S/C(=C/c3cc(Br)c(OCC(=O)Nc4ccc(C)cc4)c(OC)c3)C2=O)cc1. The van der Waals surface area contributed by atoms with Crippen LogP contribution < -0.4 is 24.8 Å². The molecular formula is C29H26BrN3O7S. The van der Waals surface area contributed by atoms with E-state index >= 15 is 0 Å². The number of aryl methyl sites for hydroxylation is 1. The molecule has 0 bridgehead atoms. The summed E-state index contributed by atoms with van der Waals surface area (Å²) in [6, 6.07) is 17.3. The van der Waals surface area contributed by atoms with Gasteiger partial charge in [-0.3, -0.25) is 24.1 Å². The Morgan fingerprint density at radius 3 is 2.20 bits per heavy atom. The third-order valence-electron chi connectivity index (χ3n) is 5.78. The lowest BCUT2D eigenvalue weighted by Gasteiger charge is -2.14. The van der Waals surface area contributed by atoms with E-state index in [2.05, 4.69) is 26.6 Å². The fourth-order valence-electron chi connectivity index (χ4n) is 3.74. The number of amides is 4. The van der Waals surface area contributed by atoms with Crippen LogP contribution in [0.2, 0.25) is 0 Å². The van der Waals surface area contributed by atoms with Gasteiger partial charge in [0.2, 0.25) is 5.91 Å². The van der Waals surface area contributed by atoms with Crippen molar-refractivity contribution >= 4 is 68.1 Å². The quantitative estimate of drug-likeness (QED) is 0.280. The molecule has 3 aromatic carbocycles. The molecule has 10 nitrogen and oxygen atoms in total. The number of hydrogen-bond donors (Lipinski definition) is 2. The number of nitrogens with one attached hydrogen (secondary N) is 2. The Morgan fingerprint density at radius 2 is 1.56 bits per heavy atom. The molecule has 3 aromatic rings. The number of thioether (sulfide) groups is 1. The first-order chi connectivity index (χ1) is 19.7. The molecule has 12 heteroatoms. The summed E-state index contributed by atoms with van der Waals surface area (Å²) in [5.41, 5.74) is 2.77. The summed E-state index contributed by atoms with van der Waals surface area (Å²) in [5, 5.41) is 4.86. The Morgan fingerprint density at radius 1 is 0.927 bits per heavy atom. The Bertz CT molecular complexity index is 1510. The maximum absolute atomic E-state index is 13.0. The zero-order chi connectivity index (χ0) is 29.5. The molecule has 1 saturated heterocycles. The van der Waals surface area contributed by atoms with Gasteiger partial charge in [0.15, 0.2) is 18.1 Å². The van der Waals surface area contributed by atoms with Gasteiger partial charge >= 0.3 is 0 Å². The van der Waals surface area contributed by atoms with E-state index in [1.54, 1.807) is 48.5 Å². The molecular weight excluding hydrogens is 614 g/mol. The van der Waals surface area contributed by atoms with Gasteiger partial charge in [0.05, 0.1) is 23.6 Å². The van der Waals surface area contributed by atoms with Crippen LogP contribution in [0, 0.1) is 6.92 Å². The van der Waals surface area contributed by atoms with Gasteiger partial charge in [0.25, 0.3) is 17.1 Å². The molecule has 41 heavy (non-hydrogen) atoms. The topological polar surface area (TPSA) is 123 Å². The largest absolute Gasteiger partial charge is 0.497 e. The average molecular weight is 641 g/mol. The molecule has 212 valence electrons. The van der Waals surface area contributed by atoms with Gasteiger partial charge in [-0.2, -0.15) is 0 Å². The lowest BCUT2D eigenvalue weighted by atomic mass is 10.2. The number of ether oxygens (including phenoxy) is 3. The van der Waals surface area contributed by atoms with Crippen molar-refractivity contribution in [3.8, 4) is 17.2 Å². The molecule has 0 radical (unpaired) electrons. The van der Waals surface area contributed by atoms with Gasteiger partial charge in [0, 0.05) is 11.4 Å². The van der Waals surface area contributed by atoms with E-state index in [9.17, 15) is 19.2 Å². The minimum atomic E-state index is -0.590. The maximum atomic E-state index is 13.0. The van der Waals surface area contributed by atoms with Crippen LogP contribution in [0.4, 0.5) is 16.2 Å². The molecule has 1 aliphatic heterocycles. The van der Waals surface area contributed by atoms with Crippen molar-refractivity contribution in [3.05, 3.63) is 81.2 Å². The third-order valence-corrected chi connectivity index (χ3v) is 7.28. The normalized spacial score (nSPS) is 13.8. The molecule has 0 spiro atoms. The van der Waals surface area contributed by atoms with Crippen LogP contribution in [0.5, 0.6) is 17.2 Å². The van der Waals surface area contributed by atoms with E-state index in [1.807, 2.05) is 19.1 Å². The summed E-state index contributed by atoms with van der Waals surface area (Å²) in [5.74, 6) is -0.217. The average Bonchev–Trinajstić information content (AvgIpc) is 3.20. The third kappa shape index (κ3) is 7.68. The molecule has 0 unspecified atom stereocenters. The number of methoxy groups -OCH3 is 2. The molecule has 0 aromatic heterocycles. The van der Waals surface area contributed by atoms with Crippen molar-refractivity contribution in [2.24, 2.45) is 0 Å². The number of nitrogens with zero attached hydrogens (tertiary/aromatic N) is 1. The zero-order valence-electron chi connectivity index (χ0n) is 22.4. The minimum Gasteiger partial charge on any atom is -0.497 e. The van der Waals surface area contributed by atoms with Crippen LogP contribution >= 0.6 is 27.7 Å². The second kappa shape index (κ2) is 13.4. The minimum absolute atomic E-state index is 0.146. The number of halogens is 1. The van der Waals surface area contributed by atoms with Crippen LogP contribution in [-0.2, 0) is 14.4 Å². The standard InChI is InChI=1S/C29H26BrN3O7S/c1-17-4-6-19(7-5-17)32-26(35)16-40-27-22(30)12-18(13-23(27)39-3)14-24-28(36)33(29(37)41-24)15-25(34)31-20-8-10-21(38-2)11-9-20/h4-14H,15-16H2,1-3H3,(H,31,34)(H,32,35)/b24-14+. The monoisotopic (exact) mass is 639 g/mol. The molecule has 0 aliphatic carbocycles. The van der Waals surface area contributed by atoms with E-state index < -0.39 is 23.6 Å². The summed E-state index contributed by atoms with van der Waals surface area (Å²) in [6.07, 6.45) is 1.52. The highest BCUT2D eigenvalue weighted by Gasteiger charge is 2.36. The number of anilines is 2. The molecule has 0 atom stereocenters. The summed E-state index contributed by atoms with van der Waals surface area (Å²) in [4.78, 5) is 51.4. The molecule has 1 fully saturated rings. The fourth-order valence-corrected chi connectivity index (χ4v) is 5.15. The van der Waals surface area contributed by atoms with E-state index in [0.717, 1.165) is 22.2 Å². The van der Waals surface area contributed by atoms with E-state index in [1.165, 1.54) is 20.3 Å².